The van der Waals surface area contributed by atoms with Gasteiger partial charge in [-0.3, -0.25) is 4.79 Å². The van der Waals surface area contributed by atoms with Crippen molar-refractivity contribution >= 4 is 23.4 Å². The third-order valence-corrected chi connectivity index (χ3v) is 3.39. The Morgan fingerprint density at radius 1 is 1.24 bits per heavy atom. The number of nitrogens with two attached hydrogens (primary N) is 1. The molecule has 0 radical (unpaired) electrons. The number of anilines is 2. The molecule has 0 aliphatic heterocycles. The summed E-state index contributed by atoms with van der Waals surface area (Å²) >= 11 is 0. The van der Waals surface area contributed by atoms with Crippen LogP contribution in [0, 0.1) is 6.92 Å². The summed E-state index contributed by atoms with van der Waals surface area (Å²) in [7, 11) is 0. The molecule has 0 fully saturated rings. The van der Waals surface area contributed by atoms with E-state index in [1.807, 2.05) is 49.4 Å². The van der Waals surface area contributed by atoms with Crippen LogP contribution in [0.3, 0.4) is 0 Å². The zero-order valence-corrected chi connectivity index (χ0v) is 12.4. The van der Waals surface area contributed by atoms with E-state index in [9.17, 15) is 4.79 Å². The molecule has 3 nitrogen and oxygen atoms in total. The number of amides is 1. The lowest BCUT2D eigenvalue weighted by Gasteiger charge is -2.07. The van der Waals surface area contributed by atoms with E-state index in [4.69, 9.17) is 5.73 Å². The van der Waals surface area contributed by atoms with Crippen LogP contribution >= 0.6 is 0 Å². The van der Waals surface area contributed by atoms with E-state index in [1.165, 1.54) is 6.08 Å². The van der Waals surface area contributed by atoms with E-state index in [-0.39, 0.29) is 5.91 Å². The number of carbonyl (C=O) groups excluding carboxylic acids is 1. The molecule has 0 aliphatic rings. The van der Waals surface area contributed by atoms with Crippen molar-refractivity contribution in [2.45, 2.75) is 20.3 Å². The molecule has 2 aromatic carbocycles. The molecule has 0 spiro atoms. The van der Waals surface area contributed by atoms with E-state index < -0.39 is 0 Å². The van der Waals surface area contributed by atoms with Gasteiger partial charge in [0, 0.05) is 17.5 Å². The van der Waals surface area contributed by atoms with Crippen LogP contribution in [0.15, 0.2) is 48.5 Å². The number of para-hydroxylation sites is 1. The first kappa shape index (κ1) is 14.9. The average molecular weight is 280 g/mol. The number of carbonyl (C=O) groups is 1. The van der Waals surface area contributed by atoms with Gasteiger partial charge in [-0.15, -0.1) is 0 Å². The number of hydrogen-bond donors (Lipinski definition) is 2. The third-order valence-electron chi connectivity index (χ3n) is 3.39. The largest absolute Gasteiger partial charge is 0.398 e. The number of nitrogens with one attached hydrogen (secondary N) is 1. The van der Waals surface area contributed by atoms with Crippen molar-refractivity contribution in [3.8, 4) is 0 Å². The summed E-state index contributed by atoms with van der Waals surface area (Å²) < 4.78 is 0. The summed E-state index contributed by atoms with van der Waals surface area (Å²) in [5, 5.41) is 2.90. The lowest BCUT2D eigenvalue weighted by molar-refractivity contribution is -0.111. The van der Waals surface area contributed by atoms with Gasteiger partial charge in [0.05, 0.1) is 0 Å². The van der Waals surface area contributed by atoms with E-state index in [2.05, 4.69) is 12.2 Å². The van der Waals surface area contributed by atoms with Gasteiger partial charge in [-0.1, -0.05) is 37.3 Å². The summed E-state index contributed by atoms with van der Waals surface area (Å²) in [6.45, 7) is 4.02. The van der Waals surface area contributed by atoms with Crippen LogP contribution in [-0.4, -0.2) is 5.91 Å². The van der Waals surface area contributed by atoms with Gasteiger partial charge in [0.2, 0.25) is 5.91 Å². The fraction of sp³-hybridized carbons (Fsp3) is 0.167. The van der Waals surface area contributed by atoms with Crippen molar-refractivity contribution in [2.75, 3.05) is 11.1 Å². The molecular formula is C18H20N2O. The topological polar surface area (TPSA) is 55.1 Å². The zero-order chi connectivity index (χ0) is 15.2. The molecule has 0 bridgehead atoms. The van der Waals surface area contributed by atoms with Crippen molar-refractivity contribution in [3.05, 3.63) is 65.2 Å². The lowest BCUT2D eigenvalue weighted by atomic mass is 10.1. The number of aryl methyl sites for hydroxylation is 2. The maximum Gasteiger partial charge on any atom is 0.248 e. The molecule has 21 heavy (non-hydrogen) atoms. The van der Waals surface area contributed by atoms with Gasteiger partial charge >= 0.3 is 0 Å². The quantitative estimate of drug-likeness (QED) is 0.661. The van der Waals surface area contributed by atoms with Gasteiger partial charge in [-0.05, 0) is 48.2 Å². The predicted molar refractivity (Wildman–Crippen MR) is 89.1 cm³/mol. The minimum atomic E-state index is -0.143. The molecule has 0 heterocycles. The summed E-state index contributed by atoms with van der Waals surface area (Å²) in [6.07, 6.45) is 4.17. The van der Waals surface area contributed by atoms with Crippen LogP contribution in [0.5, 0.6) is 0 Å². The lowest BCUT2D eigenvalue weighted by Crippen LogP contribution is -2.09. The van der Waals surface area contributed by atoms with Gasteiger partial charge < -0.3 is 11.1 Å². The molecule has 0 unspecified atom stereocenters. The number of rotatable bonds is 4. The van der Waals surface area contributed by atoms with E-state index in [1.54, 1.807) is 6.08 Å². The summed E-state index contributed by atoms with van der Waals surface area (Å²) in [4.78, 5) is 12.0. The second kappa shape index (κ2) is 6.75. The van der Waals surface area contributed by atoms with Gasteiger partial charge in [-0.25, -0.2) is 0 Å². The molecular weight excluding hydrogens is 260 g/mol. The highest BCUT2D eigenvalue weighted by molar-refractivity contribution is 6.02. The van der Waals surface area contributed by atoms with E-state index >= 15 is 0 Å². The minimum Gasteiger partial charge on any atom is -0.398 e. The van der Waals surface area contributed by atoms with Crippen LogP contribution in [0.25, 0.3) is 6.08 Å². The number of benzene rings is 2. The molecule has 108 valence electrons. The van der Waals surface area contributed by atoms with Crippen LogP contribution in [-0.2, 0) is 11.2 Å². The fourth-order valence-electron chi connectivity index (χ4n) is 2.06. The number of nitrogen functional groups attached to an aromatic ring is 1. The van der Waals surface area contributed by atoms with Gasteiger partial charge in [0.1, 0.15) is 0 Å². The van der Waals surface area contributed by atoms with Gasteiger partial charge in [-0.2, -0.15) is 0 Å². The molecule has 0 saturated heterocycles. The highest BCUT2D eigenvalue weighted by Gasteiger charge is 2.02. The van der Waals surface area contributed by atoms with Crippen LogP contribution in [0.2, 0.25) is 0 Å². The Hall–Kier alpha value is -2.55. The molecule has 0 saturated carbocycles. The Morgan fingerprint density at radius 2 is 2.00 bits per heavy atom. The zero-order valence-electron chi connectivity index (χ0n) is 12.4. The summed E-state index contributed by atoms with van der Waals surface area (Å²) in [6, 6.07) is 13.6. The Balaban J connectivity index is 2.07. The maximum atomic E-state index is 12.0. The number of hydrogen-bond acceptors (Lipinski definition) is 2. The molecule has 3 heteroatoms. The smallest absolute Gasteiger partial charge is 0.248 e. The molecule has 0 aliphatic carbocycles. The van der Waals surface area contributed by atoms with Crippen LogP contribution < -0.4 is 11.1 Å². The fourth-order valence-corrected chi connectivity index (χ4v) is 2.06. The molecule has 1 amide bonds. The van der Waals surface area contributed by atoms with Crippen LogP contribution in [0.1, 0.15) is 23.6 Å². The van der Waals surface area contributed by atoms with Crippen molar-refractivity contribution in [1.82, 2.24) is 0 Å². The molecule has 0 aromatic heterocycles. The second-order valence-electron chi connectivity index (χ2n) is 4.95. The van der Waals surface area contributed by atoms with E-state index in [0.29, 0.717) is 0 Å². The SMILES string of the molecule is CCc1ccccc1NC(=O)/C=C/c1ccc(C)c(N)c1. The average Bonchev–Trinajstić information content (AvgIpc) is 2.49. The summed E-state index contributed by atoms with van der Waals surface area (Å²) in [5.41, 5.74) is 10.5. The van der Waals surface area contributed by atoms with Crippen LogP contribution in [0.4, 0.5) is 11.4 Å². The first-order valence-electron chi connectivity index (χ1n) is 7.03. The third kappa shape index (κ3) is 3.96. The monoisotopic (exact) mass is 280 g/mol. The van der Waals surface area contributed by atoms with Crippen molar-refractivity contribution < 1.29 is 4.79 Å². The maximum absolute atomic E-state index is 12.0. The summed E-state index contributed by atoms with van der Waals surface area (Å²) in [5.74, 6) is -0.143. The molecule has 3 N–H and O–H groups in total. The standard InChI is InChI=1S/C18H20N2O/c1-3-15-6-4-5-7-17(15)20-18(21)11-10-14-9-8-13(2)16(19)12-14/h4-12H,3,19H2,1-2H3,(H,20,21)/b11-10+. The molecule has 2 aromatic rings. The molecule has 2 rings (SSSR count). The first-order chi connectivity index (χ1) is 10.1. The van der Waals surface area contributed by atoms with Crippen molar-refractivity contribution in [1.29, 1.82) is 0 Å². The highest BCUT2D eigenvalue weighted by Crippen LogP contribution is 2.16. The predicted octanol–water partition coefficient (Wildman–Crippen LogP) is 3.79. The van der Waals surface area contributed by atoms with Gasteiger partial charge in [0.25, 0.3) is 0 Å². The van der Waals surface area contributed by atoms with Crippen molar-refractivity contribution in [2.24, 2.45) is 0 Å². The van der Waals surface area contributed by atoms with Crippen molar-refractivity contribution in [3.63, 3.8) is 0 Å². The normalized spacial score (nSPS) is 10.8. The Morgan fingerprint density at radius 3 is 2.71 bits per heavy atom. The Kier molecular flexibility index (Phi) is 4.77. The minimum absolute atomic E-state index is 0.143. The second-order valence-corrected chi connectivity index (χ2v) is 4.95. The Bertz CT molecular complexity index is 675. The van der Waals surface area contributed by atoms with Gasteiger partial charge in [0.15, 0.2) is 0 Å². The first-order valence-corrected chi connectivity index (χ1v) is 7.03. The highest BCUT2D eigenvalue weighted by atomic mass is 16.1. The van der Waals surface area contributed by atoms with E-state index in [0.717, 1.165) is 34.5 Å². The molecule has 0 atom stereocenters. The Labute approximate surface area is 125 Å².